The lowest BCUT2D eigenvalue weighted by atomic mass is 10.3. The monoisotopic (exact) mass is 329 g/mol. The van der Waals surface area contributed by atoms with Crippen LogP contribution in [-0.2, 0) is 0 Å². The molecule has 20 heavy (non-hydrogen) atoms. The molecule has 0 radical (unpaired) electrons. The second kappa shape index (κ2) is 5.28. The molecule has 0 unspecified atom stereocenters. The Balaban J connectivity index is 1.94. The second-order valence-electron chi connectivity index (χ2n) is 4.60. The van der Waals surface area contributed by atoms with Gasteiger partial charge in [0.05, 0.1) is 22.5 Å². The molecule has 1 fully saturated rings. The van der Waals surface area contributed by atoms with Gasteiger partial charge in [-0.15, -0.1) is 0 Å². The zero-order chi connectivity index (χ0) is 14.3. The third-order valence-corrected chi connectivity index (χ3v) is 3.91. The number of carbonyl (C=O) groups is 1. The van der Waals surface area contributed by atoms with Crippen LogP contribution in [0.1, 0.15) is 23.2 Å². The van der Waals surface area contributed by atoms with Crippen LogP contribution >= 0.6 is 34.8 Å². The molecule has 1 amide bonds. The fraction of sp³-hybridized carbons (Fsp3) is 0.231. The Bertz CT molecular complexity index is 679. The standard InChI is InChI=1S/C13H10Cl3N3O/c14-7-1-4-11(10(15)5-7)19-12(16)9(6-17-19)13(20)18-8-2-3-8/h1,4-6,8H,2-3H2,(H,18,20). The van der Waals surface area contributed by atoms with Crippen molar-refractivity contribution < 1.29 is 4.79 Å². The average molecular weight is 331 g/mol. The number of hydrogen-bond donors (Lipinski definition) is 1. The smallest absolute Gasteiger partial charge is 0.256 e. The molecule has 0 spiro atoms. The Morgan fingerprint density at radius 2 is 2.05 bits per heavy atom. The summed E-state index contributed by atoms with van der Waals surface area (Å²) < 4.78 is 1.42. The summed E-state index contributed by atoms with van der Waals surface area (Å²) in [5.74, 6) is -0.214. The van der Waals surface area contributed by atoms with Gasteiger partial charge in [-0.05, 0) is 31.0 Å². The molecule has 1 saturated carbocycles. The van der Waals surface area contributed by atoms with Crippen LogP contribution < -0.4 is 5.32 Å². The van der Waals surface area contributed by atoms with E-state index in [4.69, 9.17) is 34.8 Å². The van der Waals surface area contributed by atoms with Crippen molar-refractivity contribution in [2.45, 2.75) is 18.9 Å². The highest BCUT2D eigenvalue weighted by Gasteiger charge is 2.26. The summed E-state index contributed by atoms with van der Waals surface area (Å²) in [6.45, 7) is 0. The molecule has 1 aliphatic carbocycles. The van der Waals surface area contributed by atoms with Crippen molar-refractivity contribution in [3.8, 4) is 5.69 Å². The van der Waals surface area contributed by atoms with Crippen molar-refractivity contribution >= 4 is 40.7 Å². The van der Waals surface area contributed by atoms with Gasteiger partial charge in [-0.1, -0.05) is 34.8 Å². The summed E-state index contributed by atoms with van der Waals surface area (Å²) in [5, 5.41) is 8.15. The van der Waals surface area contributed by atoms with E-state index in [1.54, 1.807) is 18.2 Å². The Kier molecular flexibility index (Phi) is 3.63. The van der Waals surface area contributed by atoms with Crippen molar-refractivity contribution in [2.24, 2.45) is 0 Å². The number of carbonyl (C=O) groups excluding carboxylic acids is 1. The van der Waals surface area contributed by atoms with Gasteiger partial charge in [-0.2, -0.15) is 5.10 Å². The Morgan fingerprint density at radius 1 is 1.30 bits per heavy atom. The Morgan fingerprint density at radius 3 is 2.70 bits per heavy atom. The van der Waals surface area contributed by atoms with Gasteiger partial charge >= 0.3 is 0 Å². The maximum Gasteiger partial charge on any atom is 0.256 e. The van der Waals surface area contributed by atoms with Gasteiger partial charge in [-0.25, -0.2) is 4.68 Å². The second-order valence-corrected chi connectivity index (χ2v) is 5.81. The van der Waals surface area contributed by atoms with Crippen molar-refractivity contribution in [1.29, 1.82) is 0 Å². The van der Waals surface area contributed by atoms with Crippen LogP contribution in [0.2, 0.25) is 15.2 Å². The minimum Gasteiger partial charge on any atom is -0.349 e. The van der Waals surface area contributed by atoms with Gasteiger partial charge in [0.1, 0.15) is 5.15 Å². The third-order valence-electron chi connectivity index (χ3n) is 3.01. The maximum absolute atomic E-state index is 12.0. The fourth-order valence-electron chi connectivity index (χ4n) is 1.80. The molecule has 1 N–H and O–H groups in total. The number of nitrogens with one attached hydrogen (secondary N) is 1. The lowest BCUT2D eigenvalue weighted by molar-refractivity contribution is 0.0951. The number of hydrogen-bond acceptors (Lipinski definition) is 2. The first-order valence-electron chi connectivity index (χ1n) is 6.06. The normalized spacial score (nSPS) is 14.3. The van der Waals surface area contributed by atoms with E-state index in [2.05, 4.69) is 10.4 Å². The summed E-state index contributed by atoms with van der Waals surface area (Å²) in [6.07, 6.45) is 3.46. The first-order chi connectivity index (χ1) is 9.56. The molecule has 1 aromatic heterocycles. The van der Waals surface area contributed by atoms with E-state index in [9.17, 15) is 4.79 Å². The number of rotatable bonds is 3. The zero-order valence-corrected chi connectivity index (χ0v) is 12.5. The molecule has 1 aromatic carbocycles. The topological polar surface area (TPSA) is 46.9 Å². The van der Waals surface area contributed by atoms with E-state index in [-0.39, 0.29) is 17.1 Å². The molecule has 4 nitrogen and oxygen atoms in total. The Hall–Kier alpha value is -1.23. The van der Waals surface area contributed by atoms with Crippen LogP contribution in [0.15, 0.2) is 24.4 Å². The van der Waals surface area contributed by atoms with Crippen LogP contribution in [0.3, 0.4) is 0 Å². The summed E-state index contributed by atoms with van der Waals surface area (Å²) >= 11 is 18.2. The van der Waals surface area contributed by atoms with E-state index in [0.29, 0.717) is 21.3 Å². The van der Waals surface area contributed by atoms with Crippen LogP contribution in [0.5, 0.6) is 0 Å². The number of aromatic nitrogens is 2. The zero-order valence-electron chi connectivity index (χ0n) is 10.2. The highest BCUT2D eigenvalue weighted by Crippen LogP contribution is 2.28. The molecule has 2 aromatic rings. The minimum absolute atomic E-state index is 0.214. The predicted molar refractivity (Wildman–Crippen MR) is 79.1 cm³/mol. The van der Waals surface area contributed by atoms with Crippen molar-refractivity contribution in [3.05, 3.63) is 45.2 Å². The fourth-order valence-corrected chi connectivity index (χ4v) is 2.56. The molecule has 0 aliphatic heterocycles. The minimum atomic E-state index is -0.214. The molecule has 3 rings (SSSR count). The van der Waals surface area contributed by atoms with Crippen molar-refractivity contribution in [3.63, 3.8) is 0 Å². The summed E-state index contributed by atoms with van der Waals surface area (Å²) in [5.41, 5.74) is 0.913. The van der Waals surface area contributed by atoms with Crippen molar-refractivity contribution in [1.82, 2.24) is 15.1 Å². The lowest BCUT2D eigenvalue weighted by Gasteiger charge is -2.06. The maximum atomic E-state index is 12.0. The van der Waals surface area contributed by atoms with Crippen molar-refractivity contribution in [2.75, 3.05) is 0 Å². The van der Waals surface area contributed by atoms with Crippen LogP contribution in [-0.4, -0.2) is 21.7 Å². The van der Waals surface area contributed by atoms with Gasteiger partial charge in [-0.3, -0.25) is 4.79 Å². The van der Waals surface area contributed by atoms with Crippen LogP contribution in [0.4, 0.5) is 0 Å². The molecule has 0 saturated heterocycles. The van der Waals surface area contributed by atoms with E-state index < -0.39 is 0 Å². The van der Waals surface area contributed by atoms with Crippen LogP contribution in [0, 0.1) is 0 Å². The largest absolute Gasteiger partial charge is 0.349 e. The number of amides is 1. The molecule has 1 aliphatic rings. The molecule has 0 bridgehead atoms. The lowest BCUT2D eigenvalue weighted by Crippen LogP contribution is -2.25. The number of halogens is 3. The third kappa shape index (κ3) is 2.64. The van der Waals surface area contributed by atoms with Gasteiger partial charge in [0, 0.05) is 11.1 Å². The number of benzene rings is 1. The highest BCUT2D eigenvalue weighted by molar-refractivity contribution is 6.36. The SMILES string of the molecule is O=C(NC1CC1)c1cnn(-c2ccc(Cl)cc2Cl)c1Cl. The predicted octanol–water partition coefficient (Wildman–Crippen LogP) is 3.72. The first-order valence-corrected chi connectivity index (χ1v) is 7.19. The molecular weight excluding hydrogens is 321 g/mol. The molecular formula is C13H10Cl3N3O. The van der Waals surface area contributed by atoms with E-state index >= 15 is 0 Å². The van der Waals surface area contributed by atoms with Gasteiger partial charge in [0.2, 0.25) is 0 Å². The van der Waals surface area contributed by atoms with Gasteiger partial charge < -0.3 is 5.32 Å². The van der Waals surface area contributed by atoms with E-state index in [1.807, 2.05) is 0 Å². The summed E-state index contributed by atoms with van der Waals surface area (Å²) in [4.78, 5) is 12.0. The molecule has 104 valence electrons. The van der Waals surface area contributed by atoms with E-state index in [0.717, 1.165) is 12.8 Å². The quantitative estimate of drug-likeness (QED) is 0.932. The summed E-state index contributed by atoms with van der Waals surface area (Å²) in [6, 6.07) is 5.25. The first kappa shape index (κ1) is 13.7. The average Bonchev–Trinajstić information content (AvgIpc) is 3.12. The molecule has 0 atom stereocenters. The van der Waals surface area contributed by atoms with Gasteiger partial charge in [0.25, 0.3) is 5.91 Å². The summed E-state index contributed by atoms with van der Waals surface area (Å²) in [7, 11) is 0. The highest BCUT2D eigenvalue weighted by atomic mass is 35.5. The van der Waals surface area contributed by atoms with E-state index in [1.165, 1.54) is 10.9 Å². The number of nitrogens with zero attached hydrogens (tertiary/aromatic N) is 2. The molecule has 7 heteroatoms. The van der Waals surface area contributed by atoms with Gasteiger partial charge in [0.15, 0.2) is 0 Å². The molecule has 1 heterocycles. The Labute approximate surface area is 130 Å². The van der Waals surface area contributed by atoms with Crippen LogP contribution in [0.25, 0.3) is 5.69 Å².